The highest BCUT2D eigenvalue weighted by Crippen LogP contribution is 2.47. The number of hydrogen-bond acceptors (Lipinski definition) is 2. The zero-order chi connectivity index (χ0) is 24.4. The second-order valence-corrected chi connectivity index (χ2v) is 11.0. The average Bonchev–Trinajstić information content (AvgIpc) is 3.26. The molecule has 0 saturated heterocycles. The van der Waals surface area contributed by atoms with Crippen molar-refractivity contribution in [3.8, 4) is 45.3 Å². The molecule has 0 fully saturated rings. The molecular weight excluding hydrogens is 451 g/mol. The molecule has 0 radical (unpaired) electrons. The van der Waals surface area contributed by atoms with E-state index < -0.39 is 0 Å². The molecular formula is C34H23BO2. The zero-order valence-electron chi connectivity index (χ0n) is 20.8. The lowest BCUT2D eigenvalue weighted by Gasteiger charge is -2.39. The van der Waals surface area contributed by atoms with Crippen molar-refractivity contribution in [1.82, 2.24) is 0 Å². The van der Waals surface area contributed by atoms with E-state index in [2.05, 4.69) is 92.7 Å². The van der Waals surface area contributed by atoms with Gasteiger partial charge in [-0.1, -0.05) is 71.8 Å². The molecule has 5 aromatic rings. The third kappa shape index (κ3) is 2.56. The number of ether oxygens (including phenoxy) is 2. The molecule has 0 N–H and O–H groups in total. The summed E-state index contributed by atoms with van der Waals surface area (Å²) in [4.78, 5) is 0. The fourth-order valence-electron chi connectivity index (χ4n) is 7.12. The summed E-state index contributed by atoms with van der Waals surface area (Å²) in [6.07, 6.45) is 1.83. The Morgan fingerprint density at radius 2 is 1.41 bits per heavy atom. The summed E-state index contributed by atoms with van der Waals surface area (Å²) in [5.41, 5.74) is 16.9. The maximum Gasteiger partial charge on any atom is 0.261 e. The highest BCUT2D eigenvalue weighted by atomic mass is 16.5. The molecule has 0 bridgehead atoms. The molecule has 0 unspecified atom stereocenters. The molecule has 3 heteroatoms. The van der Waals surface area contributed by atoms with Gasteiger partial charge in [0.25, 0.3) is 6.71 Å². The van der Waals surface area contributed by atoms with Crippen molar-refractivity contribution in [1.29, 1.82) is 0 Å². The first kappa shape index (κ1) is 19.9. The van der Waals surface area contributed by atoms with Gasteiger partial charge in [-0.3, -0.25) is 0 Å². The standard InChI is InChI=1S/C34H23BO2/c1-18-5-3-6-20(11-18)23-16-29-33-30(17-23)37-34-27-14-21-10-9-19(2)12-25(21)26(27)15-24-13-22-7-4-8-28(36-29)31(22)35(33)32(24)34/h3-12,15-17H,13-14H2,1-2H3. The first-order chi connectivity index (χ1) is 18.1. The van der Waals surface area contributed by atoms with Crippen molar-refractivity contribution < 1.29 is 9.47 Å². The summed E-state index contributed by atoms with van der Waals surface area (Å²) in [5, 5.41) is 0. The van der Waals surface area contributed by atoms with Gasteiger partial charge < -0.3 is 9.47 Å². The highest BCUT2D eigenvalue weighted by Gasteiger charge is 2.46. The summed E-state index contributed by atoms with van der Waals surface area (Å²) in [5.74, 6) is 3.91. The van der Waals surface area contributed by atoms with Crippen molar-refractivity contribution in [2.45, 2.75) is 26.7 Å². The summed E-state index contributed by atoms with van der Waals surface area (Å²) < 4.78 is 13.6. The smallest absolute Gasteiger partial charge is 0.261 e. The van der Waals surface area contributed by atoms with Crippen LogP contribution in [0.25, 0.3) is 22.3 Å². The normalized spacial score (nSPS) is 14.4. The van der Waals surface area contributed by atoms with Crippen LogP contribution < -0.4 is 25.9 Å². The first-order valence-corrected chi connectivity index (χ1v) is 13.1. The van der Waals surface area contributed by atoms with Gasteiger partial charge in [0.2, 0.25) is 0 Å². The number of rotatable bonds is 1. The predicted molar refractivity (Wildman–Crippen MR) is 150 cm³/mol. The molecule has 1 aliphatic carbocycles. The van der Waals surface area contributed by atoms with E-state index in [0.29, 0.717) is 0 Å². The minimum absolute atomic E-state index is 0.153. The van der Waals surface area contributed by atoms with E-state index in [1.54, 1.807) is 0 Å². The Balaban J connectivity index is 1.34. The molecule has 5 aromatic carbocycles. The Morgan fingerprint density at radius 3 is 2.30 bits per heavy atom. The van der Waals surface area contributed by atoms with Gasteiger partial charge in [0.15, 0.2) is 0 Å². The Labute approximate surface area is 216 Å². The average molecular weight is 474 g/mol. The molecule has 2 nitrogen and oxygen atoms in total. The summed E-state index contributed by atoms with van der Waals surface area (Å²) >= 11 is 0. The maximum atomic E-state index is 6.97. The van der Waals surface area contributed by atoms with E-state index in [9.17, 15) is 0 Å². The van der Waals surface area contributed by atoms with Crippen LogP contribution in [-0.2, 0) is 12.8 Å². The van der Waals surface area contributed by atoms with E-state index in [4.69, 9.17) is 9.47 Å². The fraction of sp³-hybridized carbons (Fsp3) is 0.118. The van der Waals surface area contributed by atoms with Crippen molar-refractivity contribution >= 4 is 23.1 Å². The highest BCUT2D eigenvalue weighted by molar-refractivity contribution is 6.99. The van der Waals surface area contributed by atoms with Crippen molar-refractivity contribution in [2.24, 2.45) is 0 Å². The second-order valence-electron chi connectivity index (χ2n) is 11.0. The van der Waals surface area contributed by atoms with Gasteiger partial charge in [-0.15, -0.1) is 0 Å². The lowest BCUT2D eigenvalue weighted by molar-refractivity contribution is 0.461. The summed E-state index contributed by atoms with van der Waals surface area (Å²) in [6, 6.07) is 29.0. The minimum atomic E-state index is 0.153. The van der Waals surface area contributed by atoms with Gasteiger partial charge in [-0.25, -0.2) is 0 Å². The summed E-state index contributed by atoms with van der Waals surface area (Å²) in [7, 11) is 0. The van der Waals surface area contributed by atoms with Crippen LogP contribution in [0.15, 0.2) is 78.9 Å². The molecule has 0 saturated carbocycles. The Bertz CT molecular complexity index is 1870. The van der Waals surface area contributed by atoms with E-state index in [-0.39, 0.29) is 6.71 Å². The van der Waals surface area contributed by atoms with Gasteiger partial charge >= 0.3 is 0 Å². The predicted octanol–water partition coefficient (Wildman–Crippen LogP) is 6.17. The molecule has 0 spiro atoms. The quantitative estimate of drug-likeness (QED) is 0.265. The largest absolute Gasteiger partial charge is 0.458 e. The lowest BCUT2D eigenvalue weighted by Crippen LogP contribution is -2.61. The van der Waals surface area contributed by atoms with Gasteiger partial charge in [0.05, 0.1) is 0 Å². The number of aryl methyl sites for hydroxylation is 2. The molecule has 9 rings (SSSR count). The number of benzene rings is 5. The van der Waals surface area contributed by atoms with Crippen LogP contribution >= 0.6 is 0 Å². The monoisotopic (exact) mass is 474 g/mol. The second kappa shape index (κ2) is 6.74. The van der Waals surface area contributed by atoms with Crippen LogP contribution in [0.2, 0.25) is 0 Å². The topological polar surface area (TPSA) is 18.5 Å². The van der Waals surface area contributed by atoms with Gasteiger partial charge in [0.1, 0.15) is 23.0 Å². The molecule has 0 aromatic heterocycles. The molecule has 0 atom stereocenters. The lowest BCUT2D eigenvalue weighted by atomic mass is 9.31. The molecule has 174 valence electrons. The van der Waals surface area contributed by atoms with Crippen molar-refractivity contribution in [2.75, 3.05) is 0 Å². The van der Waals surface area contributed by atoms with Crippen LogP contribution in [-0.4, -0.2) is 6.71 Å². The van der Waals surface area contributed by atoms with Gasteiger partial charge in [-0.05, 0) is 88.3 Å². The zero-order valence-corrected chi connectivity index (χ0v) is 20.8. The van der Waals surface area contributed by atoms with E-state index in [1.807, 2.05) is 0 Å². The van der Waals surface area contributed by atoms with E-state index >= 15 is 0 Å². The molecule has 3 aliphatic heterocycles. The third-order valence-corrected chi connectivity index (χ3v) is 8.72. The van der Waals surface area contributed by atoms with Gasteiger partial charge in [-0.2, -0.15) is 0 Å². The minimum Gasteiger partial charge on any atom is -0.458 e. The fourth-order valence-corrected chi connectivity index (χ4v) is 7.12. The number of hydrogen-bond donors (Lipinski definition) is 0. The molecule has 4 aliphatic rings. The third-order valence-electron chi connectivity index (χ3n) is 8.72. The summed E-state index contributed by atoms with van der Waals surface area (Å²) in [6.45, 7) is 4.47. The Morgan fingerprint density at radius 1 is 0.568 bits per heavy atom. The number of fused-ring (bicyclic) bond motifs is 4. The van der Waals surface area contributed by atoms with Crippen LogP contribution in [0.4, 0.5) is 0 Å². The van der Waals surface area contributed by atoms with Crippen molar-refractivity contribution in [3.05, 3.63) is 112 Å². The Kier molecular flexibility index (Phi) is 3.63. The maximum absolute atomic E-state index is 6.97. The molecule has 3 heterocycles. The van der Waals surface area contributed by atoms with Crippen LogP contribution in [0.1, 0.15) is 33.4 Å². The molecule has 0 amide bonds. The molecule has 37 heavy (non-hydrogen) atoms. The van der Waals surface area contributed by atoms with Crippen LogP contribution in [0, 0.1) is 13.8 Å². The first-order valence-electron chi connectivity index (χ1n) is 13.1. The SMILES string of the molecule is Cc1cccc(-c2cc3c4c(c2)Oc2c5c(cc6c2B4c2c(cccc2O3)C6)-c2cc(C)ccc2C5)c1. The Hall–Kier alpha value is -4.24. The van der Waals surface area contributed by atoms with Crippen molar-refractivity contribution in [3.63, 3.8) is 0 Å². The van der Waals surface area contributed by atoms with Crippen LogP contribution in [0.3, 0.4) is 0 Å². The van der Waals surface area contributed by atoms with E-state index in [0.717, 1.165) is 41.4 Å². The van der Waals surface area contributed by atoms with E-state index in [1.165, 1.54) is 66.5 Å². The van der Waals surface area contributed by atoms with Gasteiger partial charge in [0, 0.05) is 17.4 Å². The van der Waals surface area contributed by atoms with Crippen LogP contribution in [0.5, 0.6) is 23.0 Å².